The van der Waals surface area contributed by atoms with Gasteiger partial charge in [-0.15, -0.1) is 0 Å². The van der Waals surface area contributed by atoms with Gasteiger partial charge >= 0.3 is 5.97 Å². The molecule has 4 aliphatic rings. The van der Waals surface area contributed by atoms with Gasteiger partial charge < -0.3 is 10.4 Å². The molecule has 1 aromatic carbocycles. The number of aliphatic carboxylic acids is 1. The molecule has 8 heteroatoms. The fourth-order valence-electron chi connectivity index (χ4n) is 6.71. The van der Waals surface area contributed by atoms with Crippen LogP contribution in [0.1, 0.15) is 62.7 Å². The zero-order valence-electron chi connectivity index (χ0n) is 18.2. The molecule has 2 N–H and O–H groups in total. The second-order valence-electron chi connectivity index (χ2n) is 9.64. The highest BCUT2D eigenvalue weighted by Crippen LogP contribution is 2.61. The maximum Gasteiger partial charge on any atom is 0.326 e. The third-order valence-electron chi connectivity index (χ3n) is 7.68. The highest BCUT2D eigenvalue weighted by molar-refractivity contribution is 7.89. The molecule has 4 saturated carbocycles. The van der Waals surface area contributed by atoms with Gasteiger partial charge in [0.05, 0.1) is 4.90 Å². The minimum absolute atomic E-state index is 0.128. The van der Waals surface area contributed by atoms with Crippen molar-refractivity contribution in [2.45, 2.75) is 63.3 Å². The van der Waals surface area contributed by atoms with Crippen molar-refractivity contribution in [3.8, 4) is 0 Å². The summed E-state index contributed by atoms with van der Waals surface area (Å²) >= 11 is 0. The van der Waals surface area contributed by atoms with Crippen LogP contribution in [-0.4, -0.2) is 48.8 Å². The van der Waals surface area contributed by atoms with Crippen molar-refractivity contribution in [1.82, 2.24) is 9.62 Å². The molecule has 0 heterocycles. The number of sulfonamides is 1. The quantitative estimate of drug-likeness (QED) is 0.636. The number of benzene rings is 1. The van der Waals surface area contributed by atoms with Gasteiger partial charge in [-0.05, 0) is 80.5 Å². The Morgan fingerprint density at radius 1 is 1.03 bits per heavy atom. The maximum atomic E-state index is 12.9. The Labute approximate surface area is 184 Å². The summed E-state index contributed by atoms with van der Waals surface area (Å²) in [6, 6.07) is 4.85. The zero-order chi connectivity index (χ0) is 22.4. The average molecular weight is 449 g/mol. The minimum Gasteiger partial charge on any atom is -0.480 e. The van der Waals surface area contributed by atoms with Crippen LogP contribution in [0.2, 0.25) is 0 Å². The van der Waals surface area contributed by atoms with Crippen LogP contribution >= 0.6 is 0 Å². The summed E-state index contributed by atoms with van der Waals surface area (Å²) in [5.74, 6) is 0.296. The Bertz CT molecular complexity index is 917. The van der Waals surface area contributed by atoms with Crippen molar-refractivity contribution in [2.75, 3.05) is 13.1 Å². The molecule has 0 aliphatic heterocycles. The van der Waals surface area contributed by atoms with E-state index in [4.69, 9.17) is 0 Å². The average Bonchev–Trinajstić information content (AvgIpc) is 2.71. The number of amides is 1. The lowest BCUT2D eigenvalue weighted by Gasteiger charge is -2.58. The Hall–Kier alpha value is -1.93. The number of carboxylic acid groups (broad SMARTS) is 1. The number of carboxylic acids is 1. The molecule has 170 valence electrons. The lowest BCUT2D eigenvalue weighted by molar-refractivity contribution is -0.150. The van der Waals surface area contributed by atoms with Crippen LogP contribution < -0.4 is 5.32 Å². The van der Waals surface area contributed by atoms with E-state index in [0.717, 1.165) is 19.3 Å². The number of carbonyl (C=O) groups excluding carboxylic acids is 1. The number of nitrogens with one attached hydrogen (secondary N) is 1. The van der Waals surface area contributed by atoms with Crippen molar-refractivity contribution >= 4 is 21.9 Å². The second kappa shape index (κ2) is 8.20. The fraction of sp³-hybridized carbons (Fsp3) is 0.652. The molecular weight excluding hydrogens is 416 g/mol. The normalized spacial score (nSPS) is 30.4. The molecule has 1 atom stereocenters. The first-order chi connectivity index (χ1) is 14.7. The summed E-state index contributed by atoms with van der Waals surface area (Å²) in [5.41, 5.74) is -0.0862. The molecule has 4 bridgehead atoms. The summed E-state index contributed by atoms with van der Waals surface area (Å²) in [5, 5.41) is 12.8. The third-order valence-corrected chi connectivity index (χ3v) is 9.74. The summed E-state index contributed by atoms with van der Waals surface area (Å²) in [6.45, 7) is 4.29. The Kier molecular flexibility index (Phi) is 5.89. The van der Waals surface area contributed by atoms with Crippen LogP contribution in [0.4, 0.5) is 0 Å². The van der Waals surface area contributed by atoms with Gasteiger partial charge in [0.2, 0.25) is 10.0 Å². The monoisotopic (exact) mass is 448 g/mol. The largest absolute Gasteiger partial charge is 0.480 e. The molecule has 4 aliphatic carbocycles. The topological polar surface area (TPSA) is 104 Å². The van der Waals surface area contributed by atoms with Crippen LogP contribution in [-0.2, 0) is 14.8 Å². The van der Waals surface area contributed by atoms with Gasteiger partial charge in [0.25, 0.3) is 5.91 Å². The molecule has 1 amide bonds. The lowest BCUT2D eigenvalue weighted by atomic mass is 9.47. The van der Waals surface area contributed by atoms with Gasteiger partial charge in [0, 0.05) is 24.1 Å². The molecular formula is C23H32N2O5S. The molecule has 5 rings (SSSR count). The first-order valence-electron chi connectivity index (χ1n) is 11.3. The number of carbonyl (C=O) groups is 2. The maximum absolute atomic E-state index is 12.9. The Morgan fingerprint density at radius 3 is 1.94 bits per heavy atom. The molecule has 7 nitrogen and oxygen atoms in total. The fourth-order valence-corrected chi connectivity index (χ4v) is 8.17. The standard InChI is InChI=1S/C23H32N2O5S/c1-3-25(4-2)31(29,30)19-7-5-18(6-8-19)21(26)24-20(22(27)28)23-12-15-9-16(13-23)11-17(10-15)14-23/h5-8,15-17,20H,3-4,9-14H2,1-2H3,(H,24,26)(H,27,28)/t15?,16?,17?,20-,23?/m0/s1. The van der Waals surface area contributed by atoms with E-state index in [1.165, 1.54) is 47.8 Å². The Morgan fingerprint density at radius 2 is 1.52 bits per heavy atom. The van der Waals surface area contributed by atoms with Crippen LogP contribution in [0.3, 0.4) is 0 Å². The molecule has 1 aromatic rings. The summed E-state index contributed by atoms with van der Waals surface area (Å²) in [4.78, 5) is 25.3. The number of hydrogen-bond donors (Lipinski definition) is 2. The van der Waals surface area contributed by atoms with E-state index in [9.17, 15) is 23.1 Å². The highest BCUT2D eigenvalue weighted by atomic mass is 32.2. The lowest BCUT2D eigenvalue weighted by Crippen LogP contribution is -2.59. The molecule has 0 aromatic heterocycles. The molecule has 0 unspecified atom stereocenters. The smallest absolute Gasteiger partial charge is 0.326 e. The summed E-state index contributed by atoms with van der Waals surface area (Å²) in [6.07, 6.45) is 6.21. The van der Waals surface area contributed by atoms with Gasteiger partial charge in [0.15, 0.2) is 0 Å². The molecule has 0 radical (unpaired) electrons. The van der Waals surface area contributed by atoms with Gasteiger partial charge in [-0.1, -0.05) is 13.8 Å². The van der Waals surface area contributed by atoms with Crippen LogP contribution in [0.25, 0.3) is 0 Å². The predicted octanol–water partition coefficient (Wildman–Crippen LogP) is 3.12. The molecule has 4 fully saturated rings. The SMILES string of the molecule is CCN(CC)S(=O)(=O)c1ccc(C(=O)N[C@@H](C(=O)O)C23CC4CC(CC(C4)C2)C3)cc1. The van der Waals surface area contributed by atoms with Gasteiger partial charge in [-0.25, -0.2) is 13.2 Å². The number of hydrogen-bond acceptors (Lipinski definition) is 4. The van der Waals surface area contributed by atoms with E-state index in [0.29, 0.717) is 30.8 Å². The van der Waals surface area contributed by atoms with Crippen LogP contribution in [0.15, 0.2) is 29.2 Å². The van der Waals surface area contributed by atoms with E-state index < -0.39 is 27.9 Å². The van der Waals surface area contributed by atoms with Crippen molar-refractivity contribution in [3.05, 3.63) is 29.8 Å². The van der Waals surface area contributed by atoms with E-state index in [2.05, 4.69) is 5.32 Å². The zero-order valence-corrected chi connectivity index (χ0v) is 19.0. The van der Waals surface area contributed by atoms with E-state index >= 15 is 0 Å². The highest BCUT2D eigenvalue weighted by Gasteiger charge is 2.56. The summed E-state index contributed by atoms with van der Waals surface area (Å²) < 4.78 is 26.7. The van der Waals surface area contributed by atoms with Crippen molar-refractivity contribution in [1.29, 1.82) is 0 Å². The second-order valence-corrected chi connectivity index (χ2v) is 11.6. The van der Waals surface area contributed by atoms with Gasteiger partial charge in [0.1, 0.15) is 6.04 Å². The van der Waals surface area contributed by atoms with E-state index in [1.807, 2.05) is 0 Å². The molecule has 0 saturated heterocycles. The van der Waals surface area contributed by atoms with E-state index in [-0.39, 0.29) is 15.9 Å². The molecule has 0 spiro atoms. The molecule has 31 heavy (non-hydrogen) atoms. The van der Waals surface area contributed by atoms with Crippen molar-refractivity contribution in [2.24, 2.45) is 23.2 Å². The Balaban J connectivity index is 1.52. The van der Waals surface area contributed by atoms with Crippen LogP contribution in [0.5, 0.6) is 0 Å². The van der Waals surface area contributed by atoms with Crippen LogP contribution in [0, 0.1) is 23.2 Å². The predicted molar refractivity (Wildman–Crippen MR) is 116 cm³/mol. The first-order valence-corrected chi connectivity index (χ1v) is 12.8. The van der Waals surface area contributed by atoms with E-state index in [1.54, 1.807) is 13.8 Å². The van der Waals surface area contributed by atoms with Crippen molar-refractivity contribution in [3.63, 3.8) is 0 Å². The minimum atomic E-state index is -3.60. The number of nitrogens with zero attached hydrogens (tertiary/aromatic N) is 1. The van der Waals surface area contributed by atoms with Gasteiger partial charge in [-0.3, -0.25) is 4.79 Å². The van der Waals surface area contributed by atoms with Crippen molar-refractivity contribution < 1.29 is 23.1 Å². The third kappa shape index (κ3) is 4.00. The van der Waals surface area contributed by atoms with Gasteiger partial charge in [-0.2, -0.15) is 4.31 Å². The first kappa shape index (κ1) is 22.3. The summed E-state index contributed by atoms with van der Waals surface area (Å²) in [7, 11) is -3.60. The number of rotatable bonds is 8.